The van der Waals surface area contributed by atoms with Crippen LogP contribution in [0.1, 0.15) is 70.2 Å². The molecule has 0 radical (unpaired) electrons. The van der Waals surface area contributed by atoms with Gasteiger partial charge in [0.2, 0.25) is 5.91 Å². The van der Waals surface area contributed by atoms with Crippen molar-refractivity contribution in [3.8, 4) is 11.5 Å². The van der Waals surface area contributed by atoms with Crippen LogP contribution >= 0.6 is 0 Å². The number of hydrogen-bond acceptors (Lipinski definition) is 4. The molecule has 0 unspecified atom stereocenters. The summed E-state index contributed by atoms with van der Waals surface area (Å²) in [5, 5.41) is 1.08. The van der Waals surface area contributed by atoms with E-state index in [9.17, 15) is 9.59 Å². The molecule has 38 heavy (non-hydrogen) atoms. The minimum atomic E-state index is -1.08. The number of nitrogens with one attached hydrogen (secondary N) is 1. The fraction of sp³-hybridized carbons (Fsp3) is 0.484. The molecule has 1 fully saturated rings. The standard InChI is InChI=1S/C31H39N3O4/c1-6-16-38-25-13-12-21(17-26(25)37-7-2)23-18-34-27(35)19-33(15-14-20(3)4)30(36)31(34,5)29-28(23)22-10-8-9-11-24(22)32-29/h8-13,17,20,23,32H,6-7,14-16,18-19H2,1-5H3/t23-,31-/m0/s1. The van der Waals surface area contributed by atoms with Crippen LogP contribution in [0.5, 0.6) is 11.5 Å². The van der Waals surface area contributed by atoms with E-state index in [1.807, 2.05) is 44.2 Å². The third-order valence-corrected chi connectivity index (χ3v) is 7.93. The first-order valence-electron chi connectivity index (χ1n) is 13.9. The van der Waals surface area contributed by atoms with Gasteiger partial charge in [0, 0.05) is 29.9 Å². The van der Waals surface area contributed by atoms with Crippen LogP contribution in [0.2, 0.25) is 0 Å². The second-order valence-corrected chi connectivity index (χ2v) is 11.0. The van der Waals surface area contributed by atoms with Crippen molar-refractivity contribution >= 4 is 22.7 Å². The lowest BCUT2D eigenvalue weighted by Gasteiger charge is -2.51. The molecule has 0 aliphatic carbocycles. The maximum Gasteiger partial charge on any atom is 0.254 e. The second-order valence-electron chi connectivity index (χ2n) is 11.0. The number of para-hydroxylation sites is 1. The molecule has 2 aromatic carbocycles. The summed E-state index contributed by atoms with van der Waals surface area (Å²) in [6, 6.07) is 14.2. The lowest BCUT2D eigenvalue weighted by atomic mass is 9.76. The Morgan fingerprint density at radius 2 is 1.87 bits per heavy atom. The highest BCUT2D eigenvalue weighted by Gasteiger charge is 2.56. The van der Waals surface area contributed by atoms with Crippen LogP contribution in [0.4, 0.5) is 0 Å². The summed E-state index contributed by atoms with van der Waals surface area (Å²) in [7, 11) is 0. The van der Waals surface area contributed by atoms with Gasteiger partial charge in [-0.2, -0.15) is 0 Å². The van der Waals surface area contributed by atoms with E-state index in [0.29, 0.717) is 38.0 Å². The van der Waals surface area contributed by atoms with Gasteiger partial charge in [-0.1, -0.05) is 45.0 Å². The van der Waals surface area contributed by atoms with E-state index < -0.39 is 5.54 Å². The molecule has 5 rings (SSSR count). The first-order chi connectivity index (χ1) is 18.3. The number of benzene rings is 2. The van der Waals surface area contributed by atoms with Crippen molar-refractivity contribution in [2.75, 3.05) is 32.8 Å². The Labute approximate surface area is 225 Å². The molecule has 0 saturated carbocycles. The monoisotopic (exact) mass is 517 g/mol. The molecular weight excluding hydrogens is 478 g/mol. The number of nitrogens with zero attached hydrogens (tertiary/aromatic N) is 2. The zero-order valence-corrected chi connectivity index (χ0v) is 23.2. The lowest BCUT2D eigenvalue weighted by molar-refractivity contribution is -0.166. The quantitative estimate of drug-likeness (QED) is 0.411. The number of rotatable bonds is 9. The summed E-state index contributed by atoms with van der Waals surface area (Å²) in [5.41, 5.74) is 2.82. The first-order valence-corrected chi connectivity index (χ1v) is 13.9. The van der Waals surface area contributed by atoms with E-state index in [1.165, 1.54) is 0 Å². The fourth-order valence-electron chi connectivity index (χ4n) is 5.91. The molecule has 202 valence electrons. The van der Waals surface area contributed by atoms with E-state index in [4.69, 9.17) is 9.47 Å². The van der Waals surface area contributed by atoms with Gasteiger partial charge < -0.3 is 24.3 Å². The molecule has 2 amide bonds. The Bertz CT molecular complexity index is 1350. The summed E-state index contributed by atoms with van der Waals surface area (Å²) in [6.07, 6.45) is 1.77. The van der Waals surface area contributed by atoms with Crippen molar-refractivity contribution in [2.45, 2.75) is 58.9 Å². The average Bonchev–Trinajstić information content (AvgIpc) is 3.30. The van der Waals surface area contributed by atoms with Gasteiger partial charge in [0.05, 0.1) is 25.5 Å². The molecule has 2 atom stereocenters. The number of carbonyl (C=O) groups is 2. The Morgan fingerprint density at radius 1 is 1.08 bits per heavy atom. The highest BCUT2D eigenvalue weighted by Crippen LogP contribution is 2.49. The molecule has 0 spiro atoms. The fourth-order valence-corrected chi connectivity index (χ4v) is 5.91. The number of amides is 2. The van der Waals surface area contributed by atoms with Crippen molar-refractivity contribution in [1.29, 1.82) is 0 Å². The normalized spacial score (nSPS) is 21.2. The summed E-state index contributed by atoms with van der Waals surface area (Å²) >= 11 is 0. The van der Waals surface area contributed by atoms with Crippen LogP contribution in [0.3, 0.4) is 0 Å². The van der Waals surface area contributed by atoms with Crippen molar-refractivity contribution in [2.24, 2.45) is 5.92 Å². The smallest absolute Gasteiger partial charge is 0.254 e. The maximum absolute atomic E-state index is 14.1. The van der Waals surface area contributed by atoms with Gasteiger partial charge >= 0.3 is 0 Å². The van der Waals surface area contributed by atoms with Crippen LogP contribution in [-0.2, 0) is 15.1 Å². The Hall–Kier alpha value is -3.48. The molecule has 7 nitrogen and oxygen atoms in total. The van der Waals surface area contributed by atoms with Crippen molar-refractivity contribution in [3.63, 3.8) is 0 Å². The van der Waals surface area contributed by atoms with Gasteiger partial charge in [-0.3, -0.25) is 9.59 Å². The first kappa shape index (κ1) is 26.1. The van der Waals surface area contributed by atoms with Crippen LogP contribution in [0, 0.1) is 5.92 Å². The number of ether oxygens (including phenoxy) is 2. The largest absolute Gasteiger partial charge is 0.490 e. The van der Waals surface area contributed by atoms with Gasteiger partial charge in [-0.25, -0.2) is 0 Å². The number of aromatic nitrogens is 1. The van der Waals surface area contributed by atoms with Gasteiger partial charge in [0.1, 0.15) is 0 Å². The molecule has 1 N–H and O–H groups in total. The van der Waals surface area contributed by atoms with Crippen LogP contribution in [0.25, 0.3) is 10.9 Å². The van der Waals surface area contributed by atoms with Crippen LogP contribution < -0.4 is 9.47 Å². The minimum absolute atomic E-state index is 0.0117. The molecule has 7 heteroatoms. The van der Waals surface area contributed by atoms with E-state index in [2.05, 4.69) is 37.9 Å². The summed E-state index contributed by atoms with van der Waals surface area (Å²) in [5.74, 6) is 1.73. The number of aromatic amines is 1. The van der Waals surface area contributed by atoms with E-state index in [1.54, 1.807) is 9.80 Å². The van der Waals surface area contributed by atoms with Crippen LogP contribution in [-0.4, -0.2) is 59.4 Å². The van der Waals surface area contributed by atoms with E-state index >= 15 is 0 Å². The number of hydrogen-bond donors (Lipinski definition) is 1. The third-order valence-electron chi connectivity index (χ3n) is 7.93. The maximum atomic E-state index is 14.1. The van der Waals surface area contributed by atoms with E-state index in [0.717, 1.165) is 46.3 Å². The topological polar surface area (TPSA) is 74.9 Å². The molecule has 1 saturated heterocycles. The Morgan fingerprint density at radius 3 is 2.61 bits per heavy atom. The molecule has 3 aromatic rings. The predicted octanol–water partition coefficient (Wildman–Crippen LogP) is 5.43. The number of piperazine rings is 1. The highest BCUT2D eigenvalue weighted by atomic mass is 16.5. The molecule has 0 bridgehead atoms. The van der Waals surface area contributed by atoms with Crippen molar-refractivity contribution in [3.05, 3.63) is 59.3 Å². The zero-order valence-electron chi connectivity index (χ0n) is 23.2. The lowest BCUT2D eigenvalue weighted by Crippen LogP contribution is -2.67. The highest BCUT2D eigenvalue weighted by molar-refractivity contribution is 6.01. The molecular formula is C31H39N3O4. The Kier molecular flexibility index (Phi) is 7.12. The zero-order chi connectivity index (χ0) is 27.0. The van der Waals surface area contributed by atoms with Gasteiger partial charge in [-0.05, 0) is 61.9 Å². The predicted molar refractivity (Wildman–Crippen MR) is 149 cm³/mol. The van der Waals surface area contributed by atoms with Gasteiger partial charge in [0.25, 0.3) is 5.91 Å². The molecule has 2 aliphatic rings. The second kappa shape index (κ2) is 10.4. The molecule has 3 heterocycles. The minimum Gasteiger partial charge on any atom is -0.490 e. The molecule has 2 aliphatic heterocycles. The number of carbonyl (C=O) groups excluding carboxylic acids is 2. The Balaban J connectivity index is 1.64. The number of fused-ring (bicyclic) bond motifs is 5. The number of H-pyrrole nitrogens is 1. The van der Waals surface area contributed by atoms with Crippen molar-refractivity contribution in [1.82, 2.24) is 14.8 Å². The average molecular weight is 518 g/mol. The SMILES string of the molecule is CCCOc1ccc([C@@H]2CN3C(=O)CN(CCC(C)C)C(=O)[C@]3(C)c3[nH]c4ccccc4c32)cc1OCC. The van der Waals surface area contributed by atoms with Gasteiger partial charge in [0.15, 0.2) is 17.0 Å². The summed E-state index contributed by atoms with van der Waals surface area (Å²) in [6.45, 7) is 12.5. The van der Waals surface area contributed by atoms with E-state index in [-0.39, 0.29) is 24.3 Å². The molecule has 1 aromatic heterocycles. The third kappa shape index (κ3) is 4.32. The summed E-state index contributed by atoms with van der Waals surface area (Å²) < 4.78 is 11.9. The van der Waals surface area contributed by atoms with Gasteiger partial charge in [-0.15, -0.1) is 0 Å². The summed E-state index contributed by atoms with van der Waals surface area (Å²) in [4.78, 5) is 34.9. The van der Waals surface area contributed by atoms with Crippen molar-refractivity contribution < 1.29 is 19.1 Å². The van der Waals surface area contributed by atoms with Crippen LogP contribution in [0.15, 0.2) is 42.5 Å².